The highest BCUT2D eigenvalue weighted by Crippen LogP contribution is 2.01. The van der Waals surface area contributed by atoms with E-state index in [1.807, 2.05) is 12.2 Å². The lowest BCUT2D eigenvalue weighted by Crippen LogP contribution is -1.88. The van der Waals surface area contributed by atoms with Gasteiger partial charge in [-0.1, -0.05) is 18.7 Å². The highest BCUT2D eigenvalue weighted by molar-refractivity contribution is 6.03. The van der Waals surface area contributed by atoms with Gasteiger partial charge >= 0.3 is 0 Å². The Hall–Kier alpha value is -1.11. The van der Waals surface area contributed by atoms with Gasteiger partial charge in [0.25, 0.3) is 0 Å². The van der Waals surface area contributed by atoms with Crippen LogP contribution in [0.2, 0.25) is 0 Å². The van der Waals surface area contributed by atoms with E-state index < -0.39 is 0 Å². The molecule has 1 heteroatoms. The van der Waals surface area contributed by atoms with Gasteiger partial charge in [-0.2, -0.15) is 0 Å². The molecule has 0 aliphatic heterocycles. The monoisotopic (exact) mass is 105 g/mol. The van der Waals surface area contributed by atoms with Gasteiger partial charge in [-0.3, -0.25) is 0 Å². The van der Waals surface area contributed by atoms with Crippen LogP contribution in [0.15, 0.2) is 36.5 Å². The molecule has 0 saturated carbocycles. The van der Waals surface area contributed by atoms with E-state index >= 15 is 0 Å². The fraction of sp³-hybridized carbons (Fsp3) is 0. The topological polar surface area (TPSA) is 23.9 Å². The van der Waals surface area contributed by atoms with Gasteiger partial charge in [-0.25, -0.2) is 0 Å². The smallest absolute Gasteiger partial charge is 0.0540 e. The molecule has 0 saturated heterocycles. The molecule has 0 spiro atoms. The van der Waals surface area contributed by atoms with Crippen LogP contribution in [0.1, 0.15) is 0 Å². The van der Waals surface area contributed by atoms with Crippen molar-refractivity contribution in [1.82, 2.24) is 0 Å². The molecule has 8 heavy (non-hydrogen) atoms. The number of hydrogen-bond donors (Lipinski definition) is 1. The summed E-state index contributed by atoms with van der Waals surface area (Å²) in [6.45, 7) is 3.68. The Balaban J connectivity index is 2.83. The van der Waals surface area contributed by atoms with Crippen molar-refractivity contribution in [3.8, 4) is 0 Å². The molecular formula is C7H7N. The molecule has 0 atom stereocenters. The first-order valence-electron chi connectivity index (χ1n) is 2.42. The summed E-state index contributed by atoms with van der Waals surface area (Å²) < 4.78 is 0. The lowest BCUT2D eigenvalue weighted by atomic mass is 10.1. The molecule has 40 valence electrons. The summed E-state index contributed by atoms with van der Waals surface area (Å²) in [5.74, 6) is 0. The van der Waals surface area contributed by atoms with Crippen LogP contribution in [0.5, 0.6) is 0 Å². The van der Waals surface area contributed by atoms with Crippen molar-refractivity contribution in [1.29, 1.82) is 5.41 Å². The first-order chi connectivity index (χ1) is 3.79. The Morgan fingerprint density at radius 1 is 1.12 bits per heavy atom. The van der Waals surface area contributed by atoms with Gasteiger partial charge in [0.2, 0.25) is 0 Å². The largest absolute Gasteiger partial charge is 0.301 e. The number of nitrogens with one attached hydrogen (secondary N) is 1. The van der Waals surface area contributed by atoms with E-state index in [1.165, 1.54) is 0 Å². The van der Waals surface area contributed by atoms with Crippen LogP contribution in [-0.2, 0) is 0 Å². The predicted molar refractivity (Wildman–Crippen MR) is 35.1 cm³/mol. The van der Waals surface area contributed by atoms with Crippen molar-refractivity contribution in [2.24, 2.45) is 0 Å². The van der Waals surface area contributed by atoms with Gasteiger partial charge < -0.3 is 5.41 Å². The summed E-state index contributed by atoms with van der Waals surface area (Å²) in [4.78, 5) is 0. The molecule has 0 aromatic heterocycles. The molecule has 0 fully saturated rings. The van der Waals surface area contributed by atoms with Crippen LogP contribution in [-0.4, -0.2) is 5.71 Å². The Morgan fingerprint density at radius 2 is 1.62 bits per heavy atom. The minimum Gasteiger partial charge on any atom is -0.301 e. The van der Waals surface area contributed by atoms with Gasteiger partial charge in [-0.15, -0.1) is 0 Å². The van der Waals surface area contributed by atoms with Gasteiger partial charge in [0.1, 0.15) is 0 Å². The van der Waals surface area contributed by atoms with Crippen LogP contribution >= 0.6 is 0 Å². The average molecular weight is 105 g/mol. The van der Waals surface area contributed by atoms with Gasteiger partial charge in [0.05, 0.1) is 5.71 Å². The maximum atomic E-state index is 7.06. The minimum absolute atomic E-state index is 0.539. The van der Waals surface area contributed by atoms with Gasteiger partial charge in [0, 0.05) is 0 Å². The number of hydrogen-bond acceptors (Lipinski definition) is 1. The molecule has 0 radical (unpaired) electrons. The number of allylic oxidation sites excluding steroid dienone is 5. The molecule has 1 aliphatic carbocycles. The fourth-order valence-electron chi connectivity index (χ4n) is 0.505. The molecule has 1 N–H and O–H groups in total. The van der Waals surface area contributed by atoms with Crippen molar-refractivity contribution < 1.29 is 0 Å². The second kappa shape index (κ2) is 1.78. The molecule has 0 unspecified atom stereocenters. The van der Waals surface area contributed by atoms with E-state index in [0.29, 0.717) is 5.71 Å². The van der Waals surface area contributed by atoms with Crippen molar-refractivity contribution in [2.45, 2.75) is 0 Å². The van der Waals surface area contributed by atoms with Gasteiger partial charge in [-0.05, 0) is 17.7 Å². The highest BCUT2D eigenvalue weighted by atomic mass is 14.4. The van der Waals surface area contributed by atoms with Crippen molar-refractivity contribution in [3.63, 3.8) is 0 Å². The maximum absolute atomic E-state index is 7.06. The summed E-state index contributed by atoms with van der Waals surface area (Å²) in [5, 5.41) is 7.06. The summed E-state index contributed by atoms with van der Waals surface area (Å²) in [7, 11) is 0. The van der Waals surface area contributed by atoms with Crippen molar-refractivity contribution >= 4 is 5.71 Å². The van der Waals surface area contributed by atoms with E-state index in [4.69, 9.17) is 5.41 Å². The second-order valence-electron chi connectivity index (χ2n) is 1.70. The second-order valence-corrected chi connectivity index (χ2v) is 1.70. The molecule has 0 heterocycles. The lowest BCUT2D eigenvalue weighted by Gasteiger charge is -1.95. The highest BCUT2D eigenvalue weighted by Gasteiger charge is 1.89. The third-order valence-electron chi connectivity index (χ3n) is 0.954. The van der Waals surface area contributed by atoms with Crippen LogP contribution in [0.25, 0.3) is 0 Å². The van der Waals surface area contributed by atoms with E-state index in [9.17, 15) is 0 Å². The maximum Gasteiger partial charge on any atom is 0.0540 e. The van der Waals surface area contributed by atoms with Crippen LogP contribution in [0.4, 0.5) is 0 Å². The third-order valence-corrected chi connectivity index (χ3v) is 0.954. The zero-order valence-electron chi connectivity index (χ0n) is 4.52. The van der Waals surface area contributed by atoms with E-state index in [-0.39, 0.29) is 0 Å². The van der Waals surface area contributed by atoms with Crippen LogP contribution in [0, 0.1) is 5.41 Å². The first kappa shape index (κ1) is 5.04. The average Bonchev–Trinajstić information content (AvgIpc) is 1.77. The lowest BCUT2D eigenvalue weighted by molar-refractivity contribution is 1.52. The summed E-state index contributed by atoms with van der Waals surface area (Å²) in [6.07, 6.45) is 7.09. The normalized spacial score (nSPS) is 17.5. The molecular weight excluding hydrogens is 98.1 g/mol. The zero-order valence-corrected chi connectivity index (χ0v) is 4.52. The molecule has 0 aromatic carbocycles. The predicted octanol–water partition coefficient (Wildman–Crippen LogP) is 1.69. The zero-order chi connectivity index (χ0) is 5.98. The Labute approximate surface area is 48.5 Å². The molecule has 0 aromatic rings. The van der Waals surface area contributed by atoms with Gasteiger partial charge in [0.15, 0.2) is 0 Å². The first-order valence-corrected chi connectivity index (χ1v) is 2.42. The van der Waals surface area contributed by atoms with Crippen molar-refractivity contribution in [3.05, 3.63) is 36.5 Å². The Kier molecular flexibility index (Phi) is 1.12. The third kappa shape index (κ3) is 0.936. The summed E-state index contributed by atoms with van der Waals surface area (Å²) >= 11 is 0. The fourth-order valence-corrected chi connectivity index (χ4v) is 0.505. The number of rotatable bonds is 0. The Bertz CT molecular complexity index is 147. The summed E-state index contributed by atoms with van der Waals surface area (Å²) in [5.41, 5.74) is 1.50. The molecule has 1 rings (SSSR count). The minimum atomic E-state index is 0.539. The molecule has 1 aliphatic rings. The van der Waals surface area contributed by atoms with Crippen LogP contribution < -0.4 is 0 Å². The summed E-state index contributed by atoms with van der Waals surface area (Å²) in [6, 6.07) is 0. The van der Waals surface area contributed by atoms with Crippen molar-refractivity contribution in [2.75, 3.05) is 0 Å². The molecule has 0 bridgehead atoms. The molecule has 1 nitrogen and oxygen atoms in total. The standard InChI is InChI=1S/C7H7N/c1-6-2-4-7(8)5-3-6/h2-5,8H,1H2. The van der Waals surface area contributed by atoms with E-state index in [0.717, 1.165) is 5.57 Å². The Morgan fingerprint density at radius 3 is 2.00 bits per heavy atom. The SMILES string of the molecule is C=C1C=CC(=N)C=C1. The van der Waals surface area contributed by atoms with E-state index in [2.05, 4.69) is 6.58 Å². The van der Waals surface area contributed by atoms with Crippen LogP contribution in [0.3, 0.4) is 0 Å². The molecule has 0 amide bonds. The van der Waals surface area contributed by atoms with E-state index in [1.54, 1.807) is 12.2 Å². The quantitative estimate of drug-likeness (QED) is 0.484.